The van der Waals surface area contributed by atoms with Crippen LogP contribution in [0.3, 0.4) is 0 Å². The number of carbonyl (C=O) groups excluding carboxylic acids is 1. The van der Waals surface area contributed by atoms with Gasteiger partial charge in [-0.05, 0) is 38.1 Å². The molecular formula is C18H18ClN7O2. The number of carbonyl (C=O) groups is 1. The molecular weight excluding hydrogens is 382 g/mol. The van der Waals surface area contributed by atoms with Gasteiger partial charge in [0.05, 0.1) is 11.8 Å². The van der Waals surface area contributed by atoms with Gasteiger partial charge in [0.1, 0.15) is 13.4 Å². The number of nitrogens with one attached hydrogen (secondary N) is 1. The number of aromatic nitrogens is 5. The van der Waals surface area contributed by atoms with E-state index in [-0.39, 0.29) is 5.91 Å². The van der Waals surface area contributed by atoms with Crippen LogP contribution in [0.15, 0.2) is 48.1 Å². The molecule has 2 heterocycles. The summed E-state index contributed by atoms with van der Waals surface area (Å²) in [6, 6.07) is 6.24. The minimum atomic E-state index is -0.449. The molecule has 28 heavy (non-hydrogen) atoms. The van der Waals surface area contributed by atoms with Crippen LogP contribution in [0.5, 0.6) is 0 Å². The maximum absolute atomic E-state index is 12.8. The van der Waals surface area contributed by atoms with Gasteiger partial charge in [-0.2, -0.15) is 9.78 Å². The van der Waals surface area contributed by atoms with E-state index < -0.39 is 6.04 Å². The molecule has 10 heteroatoms. The third-order valence-corrected chi connectivity index (χ3v) is 4.07. The first-order chi connectivity index (χ1) is 13.5. The fourth-order valence-electron chi connectivity index (χ4n) is 2.56. The summed E-state index contributed by atoms with van der Waals surface area (Å²) in [4.78, 5) is 30.1. The van der Waals surface area contributed by atoms with Crippen molar-refractivity contribution in [2.24, 2.45) is 5.16 Å². The summed E-state index contributed by atoms with van der Waals surface area (Å²) in [7, 11) is 1.45. The Bertz CT molecular complexity index is 1000. The Hall–Kier alpha value is -3.33. The Balaban J connectivity index is 1.83. The van der Waals surface area contributed by atoms with Crippen molar-refractivity contribution < 1.29 is 9.63 Å². The number of rotatable bonds is 6. The first kappa shape index (κ1) is 19.4. The maximum atomic E-state index is 12.8. The van der Waals surface area contributed by atoms with E-state index in [0.717, 1.165) is 0 Å². The highest BCUT2D eigenvalue weighted by molar-refractivity contribution is 6.31. The van der Waals surface area contributed by atoms with Crippen LogP contribution in [0.4, 0.5) is 0 Å². The number of hydrogen-bond acceptors (Lipinski definition) is 7. The van der Waals surface area contributed by atoms with E-state index in [1.54, 1.807) is 50.5 Å². The first-order valence-electron chi connectivity index (χ1n) is 8.36. The predicted molar refractivity (Wildman–Crippen MR) is 104 cm³/mol. The highest BCUT2D eigenvalue weighted by atomic mass is 35.5. The summed E-state index contributed by atoms with van der Waals surface area (Å²) in [5, 5.41) is 11.3. The molecule has 0 saturated carbocycles. The van der Waals surface area contributed by atoms with Crippen LogP contribution < -0.4 is 5.32 Å². The zero-order valence-corrected chi connectivity index (χ0v) is 16.3. The fraction of sp³-hybridized carbons (Fsp3) is 0.222. The zero-order valence-electron chi connectivity index (χ0n) is 15.5. The molecule has 0 radical (unpaired) electrons. The van der Waals surface area contributed by atoms with Crippen LogP contribution in [0.25, 0.3) is 5.95 Å². The Kier molecular flexibility index (Phi) is 5.95. The molecule has 0 spiro atoms. The number of halogens is 1. The number of benzene rings is 1. The van der Waals surface area contributed by atoms with Crippen molar-refractivity contribution >= 4 is 23.2 Å². The van der Waals surface area contributed by atoms with E-state index in [0.29, 0.717) is 33.6 Å². The van der Waals surface area contributed by atoms with Crippen LogP contribution in [0.2, 0.25) is 5.02 Å². The van der Waals surface area contributed by atoms with Gasteiger partial charge in [-0.3, -0.25) is 4.79 Å². The average molecular weight is 400 g/mol. The molecule has 1 amide bonds. The van der Waals surface area contributed by atoms with E-state index in [4.69, 9.17) is 16.4 Å². The molecule has 144 valence electrons. The Morgan fingerprint density at radius 2 is 1.93 bits per heavy atom. The van der Waals surface area contributed by atoms with Gasteiger partial charge in [-0.15, -0.1) is 0 Å². The van der Waals surface area contributed by atoms with E-state index >= 15 is 0 Å². The number of oxime groups is 1. The molecule has 0 fully saturated rings. The molecule has 1 aromatic carbocycles. The van der Waals surface area contributed by atoms with Crippen molar-refractivity contribution in [3.8, 4) is 5.95 Å². The summed E-state index contributed by atoms with van der Waals surface area (Å²) in [6.45, 7) is 3.56. The smallest absolute Gasteiger partial charge is 0.252 e. The highest BCUT2D eigenvalue weighted by Crippen LogP contribution is 2.18. The summed E-state index contributed by atoms with van der Waals surface area (Å²) >= 11 is 6.16. The molecule has 2 aromatic heterocycles. The van der Waals surface area contributed by atoms with Gasteiger partial charge >= 0.3 is 0 Å². The molecule has 1 N–H and O–H groups in total. The quantitative estimate of drug-likeness (QED) is 0.504. The predicted octanol–water partition coefficient (Wildman–Crippen LogP) is 2.57. The normalized spacial score (nSPS) is 12.5. The second-order valence-corrected chi connectivity index (χ2v) is 6.30. The minimum absolute atomic E-state index is 0.315. The lowest BCUT2D eigenvalue weighted by atomic mass is 10.1. The second-order valence-electron chi connectivity index (χ2n) is 5.86. The number of nitrogens with zero attached hydrogens (tertiary/aromatic N) is 6. The van der Waals surface area contributed by atoms with Crippen molar-refractivity contribution in [1.29, 1.82) is 0 Å². The second kappa shape index (κ2) is 8.57. The van der Waals surface area contributed by atoms with Crippen LogP contribution in [0, 0.1) is 0 Å². The molecule has 1 atom stereocenters. The van der Waals surface area contributed by atoms with E-state index in [2.05, 4.69) is 30.5 Å². The van der Waals surface area contributed by atoms with E-state index in [1.165, 1.54) is 18.1 Å². The standard InChI is InChI=1S/C18H18ClN7O2/c1-11(25-28-3)13-7-14(9-15(19)8-13)17(27)24-12(2)16-22-10-23-26(16)18-20-5-4-6-21-18/h4-10,12H,1-3H3,(H,24,27). The van der Waals surface area contributed by atoms with Crippen LogP contribution in [0.1, 0.15) is 41.6 Å². The summed E-state index contributed by atoms with van der Waals surface area (Å²) in [5.41, 5.74) is 1.68. The topological polar surface area (TPSA) is 107 Å². The summed E-state index contributed by atoms with van der Waals surface area (Å²) < 4.78 is 1.48. The Labute approximate surface area is 166 Å². The van der Waals surface area contributed by atoms with Crippen LogP contribution in [-0.2, 0) is 4.84 Å². The monoisotopic (exact) mass is 399 g/mol. The van der Waals surface area contributed by atoms with Gasteiger partial charge in [-0.1, -0.05) is 16.8 Å². The third kappa shape index (κ3) is 4.32. The molecule has 0 saturated heterocycles. The zero-order chi connectivity index (χ0) is 20.1. The lowest BCUT2D eigenvalue weighted by Crippen LogP contribution is -2.29. The molecule has 0 aliphatic heterocycles. The first-order valence-corrected chi connectivity index (χ1v) is 8.74. The van der Waals surface area contributed by atoms with Crippen molar-refractivity contribution in [3.63, 3.8) is 0 Å². The van der Waals surface area contributed by atoms with Crippen LogP contribution >= 0.6 is 11.6 Å². The van der Waals surface area contributed by atoms with Crippen molar-refractivity contribution in [2.45, 2.75) is 19.9 Å². The molecule has 9 nitrogen and oxygen atoms in total. The van der Waals surface area contributed by atoms with Gasteiger partial charge < -0.3 is 10.2 Å². The van der Waals surface area contributed by atoms with Gasteiger partial charge in [0, 0.05) is 28.5 Å². The van der Waals surface area contributed by atoms with E-state index in [1.807, 2.05) is 0 Å². The maximum Gasteiger partial charge on any atom is 0.252 e. The molecule has 0 aliphatic rings. The Morgan fingerprint density at radius 3 is 2.64 bits per heavy atom. The molecule has 3 rings (SSSR count). The van der Waals surface area contributed by atoms with Crippen molar-refractivity contribution in [3.05, 3.63) is 65.0 Å². The molecule has 0 aliphatic carbocycles. The van der Waals surface area contributed by atoms with Gasteiger partial charge in [0.25, 0.3) is 11.9 Å². The summed E-state index contributed by atoms with van der Waals surface area (Å²) in [5.74, 6) is 0.552. The van der Waals surface area contributed by atoms with Gasteiger partial charge in [0.15, 0.2) is 5.82 Å². The van der Waals surface area contributed by atoms with Crippen molar-refractivity contribution in [2.75, 3.05) is 7.11 Å². The average Bonchev–Trinajstić information content (AvgIpc) is 3.18. The van der Waals surface area contributed by atoms with Gasteiger partial charge in [-0.25, -0.2) is 15.0 Å². The lowest BCUT2D eigenvalue weighted by molar-refractivity contribution is 0.0938. The number of hydrogen-bond donors (Lipinski definition) is 1. The molecule has 1 unspecified atom stereocenters. The largest absolute Gasteiger partial charge is 0.399 e. The minimum Gasteiger partial charge on any atom is -0.399 e. The lowest BCUT2D eigenvalue weighted by Gasteiger charge is -2.14. The molecule has 3 aromatic rings. The molecule has 0 bridgehead atoms. The Morgan fingerprint density at radius 1 is 1.21 bits per heavy atom. The van der Waals surface area contributed by atoms with Crippen LogP contribution in [-0.4, -0.2) is 43.5 Å². The summed E-state index contributed by atoms with van der Waals surface area (Å²) in [6.07, 6.45) is 4.60. The highest BCUT2D eigenvalue weighted by Gasteiger charge is 2.19. The van der Waals surface area contributed by atoms with Gasteiger partial charge in [0.2, 0.25) is 0 Å². The number of amides is 1. The fourth-order valence-corrected chi connectivity index (χ4v) is 2.80. The third-order valence-electron chi connectivity index (χ3n) is 3.86. The SMILES string of the molecule is CON=C(C)c1cc(Cl)cc(C(=O)NC(C)c2ncnn2-c2ncccn2)c1. The van der Waals surface area contributed by atoms with Crippen molar-refractivity contribution in [1.82, 2.24) is 30.0 Å². The van der Waals surface area contributed by atoms with E-state index in [9.17, 15) is 4.79 Å².